The van der Waals surface area contributed by atoms with Crippen LogP contribution in [0.5, 0.6) is 0 Å². The Morgan fingerprint density at radius 3 is 2.31 bits per heavy atom. The van der Waals surface area contributed by atoms with Crippen molar-refractivity contribution in [1.82, 2.24) is 4.98 Å². The molecule has 0 saturated heterocycles. The molecular formula is C10H17N3O2S. The Bertz CT molecular complexity index is 438. The standard InChI is InChI=1S/C10H17N3O2S/c1-8(2)16(14,15)12-9-5-6-10(11-7-9)13(3)4/h5-8,12H,1-4H3. The molecule has 5 nitrogen and oxygen atoms in total. The van der Waals surface area contributed by atoms with Gasteiger partial charge in [-0.15, -0.1) is 0 Å². The van der Waals surface area contributed by atoms with Crippen LogP contribution in [0.25, 0.3) is 0 Å². The molecular weight excluding hydrogens is 226 g/mol. The molecule has 16 heavy (non-hydrogen) atoms. The normalized spacial score (nSPS) is 11.6. The van der Waals surface area contributed by atoms with Crippen molar-refractivity contribution in [1.29, 1.82) is 0 Å². The molecule has 0 bridgehead atoms. The van der Waals surface area contributed by atoms with E-state index in [0.717, 1.165) is 5.82 Å². The van der Waals surface area contributed by atoms with Gasteiger partial charge in [0.25, 0.3) is 0 Å². The number of nitrogens with one attached hydrogen (secondary N) is 1. The average Bonchev–Trinajstić information content (AvgIpc) is 2.17. The van der Waals surface area contributed by atoms with Crippen LogP contribution >= 0.6 is 0 Å². The van der Waals surface area contributed by atoms with Crippen LogP contribution in [0.1, 0.15) is 13.8 Å². The molecule has 1 heterocycles. The lowest BCUT2D eigenvalue weighted by Gasteiger charge is -2.13. The molecule has 90 valence electrons. The predicted molar refractivity (Wildman–Crippen MR) is 66.2 cm³/mol. The molecule has 0 amide bonds. The second kappa shape index (κ2) is 4.69. The lowest BCUT2D eigenvalue weighted by atomic mass is 10.4. The predicted octanol–water partition coefficient (Wildman–Crippen LogP) is 1.30. The third kappa shape index (κ3) is 3.10. The van der Waals surface area contributed by atoms with E-state index >= 15 is 0 Å². The highest BCUT2D eigenvalue weighted by molar-refractivity contribution is 7.93. The Hall–Kier alpha value is -1.30. The molecule has 0 atom stereocenters. The molecule has 1 N–H and O–H groups in total. The van der Waals surface area contributed by atoms with Gasteiger partial charge in [-0.05, 0) is 26.0 Å². The number of pyridine rings is 1. The van der Waals surface area contributed by atoms with Crippen molar-refractivity contribution in [3.63, 3.8) is 0 Å². The average molecular weight is 243 g/mol. The highest BCUT2D eigenvalue weighted by atomic mass is 32.2. The van der Waals surface area contributed by atoms with Gasteiger partial charge >= 0.3 is 0 Å². The van der Waals surface area contributed by atoms with Gasteiger partial charge in [-0.1, -0.05) is 0 Å². The van der Waals surface area contributed by atoms with Gasteiger partial charge in [0.2, 0.25) is 10.0 Å². The molecule has 0 aromatic carbocycles. The van der Waals surface area contributed by atoms with E-state index in [2.05, 4.69) is 9.71 Å². The minimum absolute atomic E-state index is 0.457. The third-order valence-electron chi connectivity index (χ3n) is 2.09. The topological polar surface area (TPSA) is 62.3 Å². The van der Waals surface area contributed by atoms with Gasteiger partial charge < -0.3 is 4.90 Å². The molecule has 1 aromatic rings. The minimum atomic E-state index is -3.29. The summed E-state index contributed by atoms with van der Waals surface area (Å²) in [5.41, 5.74) is 0.485. The van der Waals surface area contributed by atoms with Crippen LogP contribution in [0, 0.1) is 0 Å². The van der Waals surface area contributed by atoms with Gasteiger partial charge in [0.15, 0.2) is 0 Å². The second-order valence-corrected chi connectivity index (χ2v) is 6.23. The van der Waals surface area contributed by atoms with Crippen molar-refractivity contribution in [3.05, 3.63) is 18.3 Å². The Kier molecular flexibility index (Phi) is 3.74. The first kappa shape index (κ1) is 12.8. The van der Waals surface area contributed by atoms with E-state index in [1.165, 1.54) is 6.20 Å². The fraction of sp³-hybridized carbons (Fsp3) is 0.500. The highest BCUT2D eigenvalue weighted by Gasteiger charge is 2.15. The summed E-state index contributed by atoms with van der Waals surface area (Å²) >= 11 is 0. The van der Waals surface area contributed by atoms with Crippen LogP contribution in [-0.2, 0) is 10.0 Å². The fourth-order valence-corrected chi connectivity index (χ4v) is 1.68. The largest absolute Gasteiger partial charge is 0.363 e. The SMILES string of the molecule is CC(C)S(=O)(=O)Nc1ccc(N(C)C)nc1. The quantitative estimate of drug-likeness (QED) is 0.865. The molecule has 0 aliphatic heterocycles. The summed E-state index contributed by atoms with van der Waals surface area (Å²) in [5.74, 6) is 0.785. The van der Waals surface area contributed by atoms with E-state index in [9.17, 15) is 8.42 Å². The maximum Gasteiger partial charge on any atom is 0.235 e. The van der Waals surface area contributed by atoms with E-state index in [4.69, 9.17) is 0 Å². The van der Waals surface area contributed by atoms with Crippen LogP contribution in [-0.4, -0.2) is 32.7 Å². The van der Waals surface area contributed by atoms with Crippen LogP contribution in [0.15, 0.2) is 18.3 Å². The third-order valence-corrected chi connectivity index (χ3v) is 3.85. The summed E-state index contributed by atoms with van der Waals surface area (Å²) in [5, 5.41) is -0.457. The minimum Gasteiger partial charge on any atom is -0.363 e. The first-order valence-corrected chi connectivity index (χ1v) is 6.52. The number of nitrogens with zero attached hydrogens (tertiary/aromatic N) is 2. The lowest BCUT2D eigenvalue weighted by Crippen LogP contribution is -2.22. The molecule has 0 saturated carbocycles. The molecule has 0 fully saturated rings. The van der Waals surface area contributed by atoms with Crippen molar-refractivity contribution in [2.24, 2.45) is 0 Å². The van der Waals surface area contributed by atoms with E-state index in [0.29, 0.717) is 5.69 Å². The van der Waals surface area contributed by atoms with Crippen LogP contribution in [0.4, 0.5) is 11.5 Å². The molecule has 0 radical (unpaired) electrons. The lowest BCUT2D eigenvalue weighted by molar-refractivity contribution is 0.593. The summed E-state index contributed by atoms with van der Waals surface area (Å²) in [7, 11) is 0.463. The molecule has 0 aliphatic rings. The monoisotopic (exact) mass is 243 g/mol. The van der Waals surface area contributed by atoms with Gasteiger partial charge in [0.05, 0.1) is 17.1 Å². The molecule has 1 aromatic heterocycles. The van der Waals surface area contributed by atoms with Crippen molar-refractivity contribution >= 4 is 21.5 Å². The Labute approximate surface area is 96.5 Å². The van der Waals surface area contributed by atoms with E-state index in [1.54, 1.807) is 26.0 Å². The zero-order valence-electron chi connectivity index (χ0n) is 9.93. The zero-order valence-corrected chi connectivity index (χ0v) is 10.7. The second-order valence-electron chi connectivity index (χ2n) is 4.00. The summed E-state index contributed by atoms with van der Waals surface area (Å²) < 4.78 is 25.6. The van der Waals surface area contributed by atoms with Gasteiger partial charge in [0.1, 0.15) is 5.82 Å². The maximum atomic E-state index is 11.6. The molecule has 1 rings (SSSR count). The van der Waals surface area contributed by atoms with Gasteiger partial charge in [0, 0.05) is 14.1 Å². The van der Waals surface area contributed by atoms with E-state index in [1.807, 2.05) is 19.0 Å². The van der Waals surface area contributed by atoms with Gasteiger partial charge in [-0.25, -0.2) is 13.4 Å². The molecule has 6 heteroatoms. The molecule has 0 unspecified atom stereocenters. The Balaban J connectivity index is 2.85. The number of rotatable bonds is 4. The Morgan fingerprint density at radius 1 is 1.31 bits per heavy atom. The summed E-state index contributed by atoms with van der Waals surface area (Å²) in [6, 6.07) is 3.46. The number of hydrogen-bond donors (Lipinski definition) is 1. The van der Waals surface area contributed by atoms with Crippen molar-refractivity contribution < 1.29 is 8.42 Å². The van der Waals surface area contributed by atoms with Crippen LogP contribution in [0.3, 0.4) is 0 Å². The van der Waals surface area contributed by atoms with E-state index in [-0.39, 0.29) is 0 Å². The first-order chi connectivity index (χ1) is 7.33. The first-order valence-electron chi connectivity index (χ1n) is 4.98. The van der Waals surface area contributed by atoms with E-state index < -0.39 is 15.3 Å². The van der Waals surface area contributed by atoms with Crippen molar-refractivity contribution in [2.75, 3.05) is 23.7 Å². The van der Waals surface area contributed by atoms with Crippen LogP contribution < -0.4 is 9.62 Å². The smallest absolute Gasteiger partial charge is 0.235 e. The summed E-state index contributed by atoms with van der Waals surface area (Å²) in [6.45, 7) is 3.26. The van der Waals surface area contributed by atoms with Crippen LogP contribution in [0.2, 0.25) is 0 Å². The van der Waals surface area contributed by atoms with Gasteiger partial charge in [-0.3, -0.25) is 4.72 Å². The maximum absolute atomic E-state index is 11.6. The molecule has 0 spiro atoms. The summed E-state index contributed by atoms with van der Waals surface area (Å²) in [4.78, 5) is 5.97. The number of anilines is 2. The Morgan fingerprint density at radius 2 is 1.94 bits per heavy atom. The van der Waals surface area contributed by atoms with Gasteiger partial charge in [-0.2, -0.15) is 0 Å². The summed E-state index contributed by atoms with van der Waals surface area (Å²) in [6.07, 6.45) is 1.51. The fourth-order valence-electron chi connectivity index (χ4n) is 0.993. The number of hydrogen-bond acceptors (Lipinski definition) is 4. The number of sulfonamides is 1. The molecule has 0 aliphatic carbocycles. The zero-order chi connectivity index (χ0) is 12.3. The van der Waals surface area contributed by atoms with Crippen molar-refractivity contribution in [3.8, 4) is 0 Å². The number of aromatic nitrogens is 1. The van der Waals surface area contributed by atoms with Crippen molar-refractivity contribution in [2.45, 2.75) is 19.1 Å². The highest BCUT2D eigenvalue weighted by Crippen LogP contribution is 2.14.